The van der Waals surface area contributed by atoms with Crippen LogP contribution in [0.1, 0.15) is 25.7 Å². The topological polar surface area (TPSA) is 43.4 Å². The second kappa shape index (κ2) is 3.33. The highest BCUT2D eigenvalue weighted by Gasteiger charge is 2.41. The molecular weight excluding hydrogens is 188 g/mol. The van der Waals surface area contributed by atoms with Crippen LogP contribution in [0.3, 0.4) is 0 Å². The number of hydrogen-bond donors (Lipinski definition) is 0. The summed E-state index contributed by atoms with van der Waals surface area (Å²) in [5.74, 6) is 1.48. The summed E-state index contributed by atoms with van der Waals surface area (Å²) in [7, 11) is 0. The lowest BCUT2D eigenvalue weighted by molar-refractivity contribution is -0.169. The fraction of sp³-hybridized carbons (Fsp3) is 0.778. The van der Waals surface area contributed by atoms with Crippen molar-refractivity contribution < 1.29 is 14.3 Å². The van der Waals surface area contributed by atoms with Gasteiger partial charge in [-0.05, 0) is 29.8 Å². The van der Waals surface area contributed by atoms with Gasteiger partial charge in [-0.1, -0.05) is 0 Å². The van der Waals surface area contributed by atoms with E-state index in [1.807, 2.05) is 11.8 Å². The van der Waals surface area contributed by atoms with Crippen molar-refractivity contribution in [2.24, 2.45) is 5.41 Å². The van der Waals surface area contributed by atoms with E-state index in [-0.39, 0.29) is 17.4 Å². The molecule has 0 aromatic carbocycles. The van der Waals surface area contributed by atoms with Crippen LogP contribution in [0.5, 0.6) is 0 Å². The average Bonchev–Trinajstić information content (AvgIpc) is 2.02. The van der Waals surface area contributed by atoms with E-state index in [0.29, 0.717) is 12.8 Å². The minimum Gasteiger partial charge on any atom is -0.393 e. The normalized spacial score (nSPS) is 27.4. The van der Waals surface area contributed by atoms with Crippen LogP contribution in [0.2, 0.25) is 0 Å². The quantitative estimate of drug-likeness (QED) is 0.437. The average molecular weight is 200 g/mol. The van der Waals surface area contributed by atoms with E-state index in [4.69, 9.17) is 0 Å². The van der Waals surface area contributed by atoms with Gasteiger partial charge in [-0.3, -0.25) is 9.59 Å². The van der Waals surface area contributed by atoms with Crippen molar-refractivity contribution in [1.82, 2.24) is 0 Å². The highest BCUT2D eigenvalue weighted by molar-refractivity contribution is 7.99. The summed E-state index contributed by atoms with van der Waals surface area (Å²) in [6.07, 6.45) is 2.86. The van der Waals surface area contributed by atoms with Crippen molar-refractivity contribution in [3.05, 3.63) is 0 Å². The summed E-state index contributed by atoms with van der Waals surface area (Å²) in [5.41, 5.74) is -0.0440. The smallest absolute Gasteiger partial charge is 0.314 e. The van der Waals surface area contributed by atoms with Crippen molar-refractivity contribution in [2.45, 2.75) is 25.7 Å². The molecule has 0 unspecified atom stereocenters. The minimum atomic E-state index is -0.330. The molecule has 0 bridgehead atoms. The Hall–Kier alpha value is -0.510. The van der Waals surface area contributed by atoms with Crippen LogP contribution in [0.15, 0.2) is 0 Å². The van der Waals surface area contributed by atoms with Crippen LogP contribution in [0.4, 0.5) is 0 Å². The molecule has 2 heterocycles. The first-order valence-electron chi connectivity index (χ1n) is 4.52. The molecule has 2 aliphatic rings. The van der Waals surface area contributed by atoms with Gasteiger partial charge in [-0.15, -0.1) is 0 Å². The predicted octanol–water partition coefficient (Wildman–Crippen LogP) is 1.36. The van der Waals surface area contributed by atoms with E-state index in [1.54, 1.807) is 0 Å². The summed E-state index contributed by atoms with van der Waals surface area (Å²) in [6, 6.07) is 0. The van der Waals surface area contributed by atoms with Gasteiger partial charge in [0.05, 0.1) is 12.8 Å². The van der Waals surface area contributed by atoms with Gasteiger partial charge >= 0.3 is 11.9 Å². The highest BCUT2D eigenvalue weighted by Crippen LogP contribution is 2.43. The molecular formula is C9H12O3S. The molecule has 0 aromatic rings. The van der Waals surface area contributed by atoms with Crippen molar-refractivity contribution in [3.8, 4) is 0 Å². The predicted molar refractivity (Wildman–Crippen MR) is 49.3 cm³/mol. The third-order valence-corrected chi connectivity index (χ3v) is 3.81. The van der Waals surface area contributed by atoms with Gasteiger partial charge in [0.25, 0.3) is 0 Å². The van der Waals surface area contributed by atoms with Crippen molar-refractivity contribution in [2.75, 3.05) is 11.5 Å². The Bertz CT molecular complexity index is 225. The number of esters is 2. The van der Waals surface area contributed by atoms with Crippen LogP contribution >= 0.6 is 11.8 Å². The molecule has 2 aliphatic heterocycles. The van der Waals surface area contributed by atoms with E-state index in [9.17, 15) is 9.59 Å². The van der Waals surface area contributed by atoms with Gasteiger partial charge in [0.15, 0.2) is 0 Å². The highest BCUT2D eigenvalue weighted by atomic mass is 32.2. The maximum absolute atomic E-state index is 11.1. The number of cyclic esters (lactones) is 2. The molecule has 0 aliphatic carbocycles. The van der Waals surface area contributed by atoms with Crippen LogP contribution < -0.4 is 0 Å². The zero-order valence-electron chi connectivity index (χ0n) is 7.38. The largest absolute Gasteiger partial charge is 0.393 e. The van der Waals surface area contributed by atoms with Crippen LogP contribution in [-0.2, 0) is 14.3 Å². The molecule has 0 amide bonds. The minimum absolute atomic E-state index is 0.0440. The van der Waals surface area contributed by atoms with Gasteiger partial charge in [0.1, 0.15) is 0 Å². The van der Waals surface area contributed by atoms with E-state index in [2.05, 4.69) is 4.74 Å². The Balaban J connectivity index is 2.11. The van der Waals surface area contributed by atoms with Crippen molar-refractivity contribution >= 4 is 23.7 Å². The van der Waals surface area contributed by atoms with Crippen LogP contribution in [0, 0.1) is 5.41 Å². The molecule has 0 radical (unpaired) electrons. The van der Waals surface area contributed by atoms with Gasteiger partial charge in [0.2, 0.25) is 0 Å². The number of rotatable bonds is 0. The van der Waals surface area contributed by atoms with Crippen molar-refractivity contribution in [3.63, 3.8) is 0 Å². The monoisotopic (exact) mass is 200 g/mol. The molecule has 1 spiro atoms. The van der Waals surface area contributed by atoms with Gasteiger partial charge in [-0.25, -0.2) is 0 Å². The molecule has 0 aromatic heterocycles. The Morgan fingerprint density at radius 2 is 1.62 bits per heavy atom. The zero-order valence-corrected chi connectivity index (χ0v) is 8.19. The first kappa shape index (κ1) is 9.06. The summed E-state index contributed by atoms with van der Waals surface area (Å²) < 4.78 is 4.53. The number of ether oxygens (including phenoxy) is 1. The summed E-state index contributed by atoms with van der Waals surface area (Å²) in [4.78, 5) is 22.2. The first-order chi connectivity index (χ1) is 6.20. The summed E-state index contributed by atoms with van der Waals surface area (Å²) in [6.45, 7) is 0. The fourth-order valence-corrected chi connectivity index (χ4v) is 3.39. The number of carbonyl (C=O) groups excluding carboxylic acids is 2. The van der Waals surface area contributed by atoms with E-state index in [0.717, 1.165) is 24.3 Å². The number of hydrogen-bond acceptors (Lipinski definition) is 4. The second-order valence-electron chi connectivity index (χ2n) is 3.81. The van der Waals surface area contributed by atoms with Gasteiger partial charge in [-0.2, -0.15) is 11.8 Å². The molecule has 0 N–H and O–H groups in total. The molecule has 72 valence electrons. The van der Waals surface area contributed by atoms with E-state index < -0.39 is 0 Å². The maximum Gasteiger partial charge on any atom is 0.314 e. The Labute approximate surface area is 81.2 Å². The fourth-order valence-electron chi connectivity index (χ4n) is 2.03. The van der Waals surface area contributed by atoms with Gasteiger partial charge < -0.3 is 4.74 Å². The first-order valence-corrected chi connectivity index (χ1v) is 5.67. The number of thioether (sulfide) groups is 1. The maximum atomic E-state index is 11.1. The molecule has 13 heavy (non-hydrogen) atoms. The van der Waals surface area contributed by atoms with Gasteiger partial charge in [0, 0.05) is 0 Å². The van der Waals surface area contributed by atoms with E-state index in [1.165, 1.54) is 0 Å². The second-order valence-corrected chi connectivity index (χ2v) is 5.04. The van der Waals surface area contributed by atoms with Crippen LogP contribution in [0.25, 0.3) is 0 Å². The lowest BCUT2D eigenvalue weighted by atomic mass is 9.75. The zero-order chi connectivity index (χ0) is 9.31. The van der Waals surface area contributed by atoms with Crippen molar-refractivity contribution in [1.29, 1.82) is 0 Å². The Morgan fingerprint density at radius 1 is 1.08 bits per heavy atom. The summed E-state index contributed by atoms with van der Waals surface area (Å²) >= 11 is 1.90. The third kappa shape index (κ3) is 1.88. The standard InChI is InChI=1S/C9H12O3S/c10-7-5-9(6-8(11)12-7)1-3-13-4-2-9/h1-6H2. The number of carbonyl (C=O) groups is 2. The molecule has 3 nitrogen and oxygen atoms in total. The lowest BCUT2D eigenvalue weighted by Gasteiger charge is -2.37. The van der Waals surface area contributed by atoms with Crippen LogP contribution in [-0.4, -0.2) is 23.4 Å². The molecule has 0 atom stereocenters. The molecule has 2 fully saturated rings. The molecule has 4 heteroatoms. The molecule has 2 saturated heterocycles. The SMILES string of the molecule is O=C1CC2(CCSCC2)CC(=O)O1. The molecule has 0 saturated carbocycles. The Kier molecular flexibility index (Phi) is 2.32. The summed E-state index contributed by atoms with van der Waals surface area (Å²) in [5, 5.41) is 0. The Morgan fingerprint density at radius 3 is 2.15 bits per heavy atom. The lowest BCUT2D eigenvalue weighted by Crippen LogP contribution is -2.38. The third-order valence-electron chi connectivity index (χ3n) is 2.82. The van der Waals surface area contributed by atoms with E-state index >= 15 is 0 Å². The molecule has 2 rings (SSSR count).